The fourth-order valence-electron chi connectivity index (χ4n) is 0.238. The Balaban J connectivity index is 2.40. The van der Waals surface area contributed by atoms with Crippen LogP contribution in [0.2, 0.25) is 0 Å². The van der Waals surface area contributed by atoms with E-state index in [2.05, 4.69) is 5.32 Å². The second-order valence-electron chi connectivity index (χ2n) is 0.964. The van der Waals surface area contributed by atoms with Crippen molar-refractivity contribution in [2.45, 2.75) is 5.56 Å². The molecule has 1 rings (SSSR count). The van der Waals surface area contributed by atoms with E-state index in [0.717, 1.165) is 21.6 Å². The fourth-order valence-corrected chi connectivity index (χ4v) is 1.63. The summed E-state index contributed by atoms with van der Waals surface area (Å²) in [5.74, 6) is 0. The van der Waals surface area contributed by atoms with Crippen LogP contribution in [0.5, 0.6) is 0 Å². The molecule has 1 fully saturated rings. The van der Waals surface area contributed by atoms with Crippen LogP contribution in [0.3, 0.4) is 0 Å². The van der Waals surface area contributed by atoms with Crippen LogP contribution in [-0.2, 0) is 0 Å². The second kappa shape index (κ2) is 1.94. The number of amides is 1. The molecule has 1 atom stereocenters. The largest absolute Gasteiger partial charge is 0.364 e. The zero-order valence-corrected chi connectivity index (χ0v) is 4.88. The van der Waals surface area contributed by atoms with Crippen molar-refractivity contribution < 1.29 is 9.90 Å². The molecular weight excluding hydrogens is 134 g/mol. The van der Waals surface area contributed by atoms with E-state index in [1.807, 2.05) is 0 Å². The normalized spacial score (nSPS) is 30.4. The first kappa shape index (κ1) is 5.27. The van der Waals surface area contributed by atoms with Crippen LogP contribution < -0.4 is 5.32 Å². The first-order chi connectivity index (χ1) is 3.29. The molecule has 40 valence electrons. The molecule has 0 saturated carbocycles. The molecule has 0 radical (unpaired) electrons. The monoisotopic (exact) mass is 137 g/mol. The van der Waals surface area contributed by atoms with Gasteiger partial charge >= 0.3 is 0 Å². The summed E-state index contributed by atoms with van der Waals surface area (Å²) in [5, 5.41) is 10.6. The van der Waals surface area contributed by atoms with Crippen LogP contribution in [0.15, 0.2) is 0 Å². The van der Waals surface area contributed by atoms with Gasteiger partial charge in [-0.25, -0.2) is 0 Å². The van der Waals surface area contributed by atoms with Gasteiger partial charge in [-0.2, -0.15) is 0 Å². The highest BCUT2D eigenvalue weighted by molar-refractivity contribution is 8.83. The molecule has 1 aliphatic heterocycles. The summed E-state index contributed by atoms with van der Waals surface area (Å²) >= 11 is 0. The lowest BCUT2D eigenvalue weighted by Crippen LogP contribution is -2.21. The number of carbonyl (C=O) groups is 1. The average molecular weight is 137 g/mol. The van der Waals surface area contributed by atoms with Gasteiger partial charge in [0.25, 0.3) is 5.24 Å². The maximum Gasteiger partial charge on any atom is 0.292 e. The number of nitrogens with one attached hydrogen (secondary N) is 1. The van der Waals surface area contributed by atoms with Gasteiger partial charge in [-0.15, -0.1) is 0 Å². The van der Waals surface area contributed by atoms with Crippen LogP contribution in [0.25, 0.3) is 0 Å². The molecule has 7 heavy (non-hydrogen) atoms. The minimum atomic E-state index is -0.697. The molecule has 1 saturated heterocycles. The Morgan fingerprint density at radius 1 is 1.86 bits per heavy atom. The van der Waals surface area contributed by atoms with E-state index in [4.69, 9.17) is 5.11 Å². The Morgan fingerprint density at radius 3 is 2.71 bits per heavy atom. The second-order valence-corrected chi connectivity index (χ2v) is 3.22. The molecule has 0 spiro atoms. The SMILES string of the molecule is O=C1NC(O)SS1. The third-order valence-electron chi connectivity index (χ3n) is 0.456. The zero-order chi connectivity index (χ0) is 5.28. The molecule has 1 unspecified atom stereocenters. The van der Waals surface area contributed by atoms with E-state index in [1.165, 1.54) is 0 Å². The van der Waals surface area contributed by atoms with Crippen molar-refractivity contribution in [2.75, 3.05) is 0 Å². The molecule has 1 aliphatic rings. The molecule has 0 aliphatic carbocycles. The molecule has 0 aromatic heterocycles. The van der Waals surface area contributed by atoms with Crippen molar-refractivity contribution >= 4 is 26.8 Å². The summed E-state index contributed by atoms with van der Waals surface area (Å²) in [6.07, 6.45) is 0. The number of carbonyl (C=O) groups excluding carboxylic acids is 1. The quantitative estimate of drug-likeness (QED) is 0.473. The zero-order valence-electron chi connectivity index (χ0n) is 3.25. The molecule has 2 N–H and O–H groups in total. The first-order valence-electron chi connectivity index (χ1n) is 1.61. The number of rotatable bonds is 0. The smallest absolute Gasteiger partial charge is 0.292 e. The first-order valence-corrected chi connectivity index (χ1v) is 3.82. The lowest BCUT2D eigenvalue weighted by atomic mass is 11.1. The molecule has 3 nitrogen and oxygen atoms in total. The summed E-state index contributed by atoms with van der Waals surface area (Å²) in [7, 11) is 2.14. The Kier molecular flexibility index (Phi) is 1.46. The van der Waals surface area contributed by atoms with E-state index in [9.17, 15) is 4.79 Å². The predicted octanol–water partition coefficient (Wildman–Crippen LogP) is 0.367. The van der Waals surface area contributed by atoms with E-state index in [0.29, 0.717) is 0 Å². The number of aliphatic hydroxyl groups is 1. The predicted molar refractivity (Wildman–Crippen MR) is 29.7 cm³/mol. The molecule has 1 amide bonds. The molecule has 5 heteroatoms. The van der Waals surface area contributed by atoms with Gasteiger partial charge in [-0.3, -0.25) is 4.79 Å². The van der Waals surface area contributed by atoms with Gasteiger partial charge in [-0.1, -0.05) is 0 Å². The van der Waals surface area contributed by atoms with Crippen LogP contribution in [0.4, 0.5) is 4.79 Å². The Bertz CT molecular complexity index is 95.7. The van der Waals surface area contributed by atoms with Crippen molar-refractivity contribution in [2.24, 2.45) is 0 Å². The highest BCUT2D eigenvalue weighted by Gasteiger charge is 2.18. The van der Waals surface area contributed by atoms with E-state index < -0.39 is 5.56 Å². The van der Waals surface area contributed by atoms with Gasteiger partial charge < -0.3 is 10.4 Å². The third kappa shape index (κ3) is 1.25. The van der Waals surface area contributed by atoms with Gasteiger partial charge in [0.2, 0.25) is 0 Å². The van der Waals surface area contributed by atoms with Crippen LogP contribution >= 0.6 is 21.6 Å². The highest BCUT2D eigenvalue weighted by atomic mass is 33.1. The third-order valence-corrected chi connectivity index (χ3v) is 2.41. The number of aliphatic hydroxyl groups excluding tert-OH is 1. The van der Waals surface area contributed by atoms with E-state index >= 15 is 0 Å². The molecule has 0 bridgehead atoms. The lowest BCUT2D eigenvalue weighted by molar-refractivity contribution is 0.221. The van der Waals surface area contributed by atoms with Crippen LogP contribution in [0, 0.1) is 0 Å². The van der Waals surface area contributed by atoms with Gasteiger partial charge in [0.1, 0.15) is 0 Å². The van der Waals surface area contributed by atoms with Crippen molar-refractivity contribution in [3.63, 3.8) is 0 Å². The van der Waals surface area contributed by atoms with Crippen LogP contribution in [0.1, 0.15) is 0 Å². The maximum atomic E-state index is 10.1. The Morgan fingerprint density at radius 2 is 2.57 bits per heavy atom. The van der Waals surface area contributed by atoms with Crippen molar-refractivity contribution in [3.05, 3.63) is 0 Å². The summed E-state index contributed by atoms with van der Waals surface area (Å²) in [6, 6.07) is 0. The summed E-state index contributed by atoms with van der Waals surface area (Å²) in [5.41, 5.74) is -0.697. The van der Waals surface area contributed by atoms with Crippen LogP contribution in [-0.4, -0.2) is 15.9 Å². The van der Waals surface area contributed by atoms with Crippen molar-refractivity contribution in [3.8, 4) is 0 Å². The van der Waals surface area contributed by atoms with Gasteiger partial charge in [0.15, 0.2) is 5.56 Å². The maximum absolute atomic E-state index is 10.1. The van der Waals surface area contributed by atoms with Crippen molar-refractivity contribution in [1.29, 1.82) is 0 Å². The minimum Gasteiger partial charge on any atom is -0.364 e. The van der Waals surface area contributed by atoms with E-state index in [-0.39, 0.29) is 5.24 Å². The average Bonchev–Trinajstić information content (AvgIpc) is 1.87. The van der Waals surface area contributed by atoms with Gasteiger partial charge in [-0.05, 0) is 10.8 Å². The standard InChI is InChI=1S/C2H3NO2S2/c4-1-3-2(5)7-6-1/h1,4H,(H,3,5). The van der Waals surface area contributed by atoms with Crippen molar-refractivity contribution in [1.82, 2.24) is 5.32 Å². The fraction of sp³-hybridized carbons (Fsp3) is 0.500. The topological polar surface area (TPSA) is 49.3 Å². The minimum absolute atomic E-state index is 0.169. The Hall–Kier alpha value is 0.130. The molecular formula is C2H3NO2S2. The van der Waals surface area contributed by atoms with E-state index in [1.54, 1.807) is 0 Å². The number of hydrogen-bond acceptors (Lipinski definition) is 4. The Labute approximate surface area is 48.3 Å². The summed E-state index contributed by atoms with van der Waals surface area (Å²) in [4.78, 5) is 10.1. The highest BCUT2D eigenvalue weighted by Crippen LogP contribution is 2.30. The molecule has 0 aromatic rings. The van der Waals surface area contributed by atoms with Gasteiger partial charge in [0, 0.05) is 10.8 Å². The lowest BCUT2D eigenvalue weighted by Gasteiger charge is -1.92. The van der Waals surface area contributed by atoms with Gasteiger partial charge in [0.05, 0.1) is 0 Å². The molecule has 1 heterocycles. The molecule has 0 aromatic carbocycles. The summed E-state index contributed by atoms with van der Waals surface area (Å²) < 4.78 is 0. The number of hydrogen-bond donors (Lipinski definition) is 2. The summed E-state index contributed by atoms with van der Waals surface area (Å²) in [6.45, 7) is 0.